The van der Waals surface area contributed by atoms with E-state index in [4.69, 9.17) is 9.26 Å². The molecule has 0 N–H and O–H groups in total. The highest BCUT2D eigenvalue weighted by Crippen LogP contribution is 2.21. The van der Waals surface area contributed by atoms with E-state index in [1.165, 1.54) is 17.2 Å². The number of nitrogens with zero attached hydrogens (tertiary/aromatic N) is 4. The van der Waals surface area contributed by atoms with Gasteiger partial charge in [-0.25, -0.2) is 9.37 Å². The standard InChI is InChI=1S/C17H17FN4O3/c1-21-13-5-3-2-4-12(13)20-16(21)10-24-15-9-22(8-11(15)18)17(23)14-6-7-19-25-14/h2-7,11,15H,8-10H2,1H3. The summed E-state index contributed by atoms with van der Waals surface area (Å²) in [5.41, 5.74) is 1.86. The molecule has 3 aromatic rings. The van der Waals surface area contributed by atoms with Gasteiger partial charge in [-0.2, -0.15) is 0 Å². The second-order valence-corrected chi connectivity index (χ2v) is 6.03. The van der Waals surface area contributed by atoms with Crippen LogP contribution >= 0.6 is 0 Å². The maximum atomic E-state index is 14.3. The van der Waals surface area contributed by atoms with Crippen molar-refractivity contribution in [2.45, 2.75) is 18.9 Å². The molecule has 0 aliphatic carbocycles. The lowest BCUT2D eigenvalue weighted by Crippen LogP contribution is -2.30. The number of aromatic nitrogens is 3. The maximum Gasteiger partial charge on any atom is 0.292 e. The molecule has 2 unspecified atom stereocenters. The van der Waals surface area contributed by atoms with Crippen molar-refractivity contribution in [3.8, 4) is 0 Å². The number of likely N-dealkylation sites (tertiary alicyclic amines) is 1. The number of carbonyl (C=O) groups is 1. The van der Waals surface area contributed by atoms with E-state index in [-0.39, 0.29) is 31.4 Å². The van der Waals surface area contributed by atoms with E-state index in [1.807, 2.05) is 35.9 Å². The molecule has 25 heavy (non-hydrogen) atoms. The molecule has 3 heterocycles. The Kier molecular flexibility index (Phi) is 3.96. The molecule has 0 bridgehead atoms. The number of para-hydroxylation sites is 2. The molecule has 0 saturated carbocycles. The van der Waals surface area contributed by atoms with Crippen LogP contribution in [0.15, 0.2) is 41.1 Å². The Morgan fingerprint density at radius 2 is 2.20 bits per heavy atom. The lowest BCUT2D eigenvalue weighted by molar-refractivity contribution is 0.00763. The Bertz CT molecular complexity index is 893. The third kappa shape index (κ3) is 2.89. The van der Waals surface area contributed by atoms with Gasteiger partial charge >= 0.3 is 0 Å². The molecule has 1 fully saturated rings. The van der Waals surface area contributed by atoms with E-state index in [1.54, 1.807) is 0 Å². The Labute approximate surface area is 143 Å². The number of ether oxygens (including phenoxy) is 1. The van der Waals surface area contributed by atoms with Crippen LogP contribution in [0.25, 0.3) is 11.0 Å². The molecular weight excluding hydrogens is 327 g/mol. The number of alkyl halides is 1. The van der Waals surface area contributed by atoms with E-state index in [0.29, 0.717) is 5.82 Å². The number of imidazole rings is 1. The summed E-state index contributed by atoms with van der Waals surface area (Å²) in [5, 5.41) is 3.50. The van der Waals surface area contributed by atoms with E-state index in [0.717, 1.165) is 11.0 Å². The summed E-state index contributed by atoms with van der Waals surface area (Å²) in [7, 11) is 1.90. The number of aryl methyl sites for hydroxylation is 1. The summed E-state index contributed by atoms with van der Waals surface area (Å²) in [5.74, 6) is 0.436. The van der Waals surface area contributed by atoms with Gasteiger partial charge in [-0.15, -0.1) is 0 Å². The van der Waals surface area contributed by atoms with Crippen molar-refractivity contribution in [2.24, 2.45) is 7.05 Å². The van der Waals surface area contributed by atoms with Crippen LogP contribution in [-0.4, -0.2) is 50.9 Å². The predicted octanol–water partition coefficient (Wildman–Crippen LogP) is 1.94. The molecule has 1 aromatic carbocycles. The average molecular weight is 344 g/mol. The number of carbonyl (C=O) groups excluding carboxylic acids is 1. The van der Waals surface area contributed by atoms with Crippen molar-refractivity contribution in [3.63, 3.8) is 0 Å². The summed E-state index contributed by atoms with van der Waals surface area (Å²) in [4.78, 5) is 18.1. The largest absolute Gasteiger partial charge is 0.365 e. The van der Waals surface area contributed by atoms with Gasteiger partial charge in [0.25, 0.3) is 5.91 Å². The summed E-state index contributed by atoms with van der Waals surface area (Å²) >= 11 is 0. The molecule has 1 saturated heterocycles. The fraction of sp³-hybridized carbons (Fsp3) is 0.353. The lowest BCUT2D eigenvalue weighted by atomic mass is 10.3. The monoisotopic (exact) mass is 344 g/mol. The van der Waals surface area contributed by atoms with Crippen LogP contribution < -0.4 is 0 Å². The highest BCUT2D eigenvalue weighted by atomic mass is 19.1. The first kappa shape index (κ1) is 15.8. The van der Waals surface area contributed by atoms with Crippen LogP contribution in [0.4, 0.5) is 4.39 Å². The van der Waals surface area contributed by atoms with Gasteiger partial charge in [-0.3, -0.25) is 4.79 Å². The van der Waals surface area contributed by atoms with Crippen molar-refractivity contribution in [1.82, 2.24) is 19.6 Å². The van der Waals surface area contributed by atoms with Crippen molar-refractivity contribution >= 4 is 16.9 Å². The minimum atomic E-state index is -1.25. The molecule has 8 heteroatoms. The number of fused-ring (bicyclic) bond motifs is 1. The van der Waals surface area contributed by atoms with Gasteiger partial charge in [0, 0.05) is 13.1 Å². The Hall–Kier alpha value is -2.74. The van der Waals surface area contributed by atoms with Crippen molar-refractivity contribution in [2.75, 3.05) is 13.1 Å². The number of benzene rings is 1. The van der Waals surface area contributed by atoms with Crippen LogP contribution in [0.5, 0.6) is 0 Å². The second-order valence-electron chi connectivity index (χ2n) is 6.03. The van der Waals surface area contributed by atoms with Gasteiger partial charge in [-0.05, 0) is 12.1 Å². The number of rotatable bonds is 4. The quantitative estimate of drug-likeness (QED) is 0.723. The fourth-order valence-electron chi connectivity index (χ4n) is 3.05. The molecule has 0 radical (unpaired) electrons. The molecule has 4 rings (SSSR count). The summed E-state index contributed by atoms with van der Waals surface area (Å²) in [6.45, 7) is 0.331. The fourth-order valence-corrected chi connectivity index (χ4v) is 3.05. The van der Waals surface area contributed by atoms with Crippen LogP contribution in [0, 0.1) is 0 Å². The third-order valence-electron chi connectivity index (χ3n) is 4.44. The minimum absolute atomic E-state index is 0.0211. The van der Waals surface area contributed by atoms with E-state index >= 15 is 0 Å². The topological polar surface area (TPSA) is 73.4 Å². The zero-order chi connectivity index (χ0) is 17.4. The summed E-state index contributed by atoms with van der Waals surface area (Å²) in [6, 6.07) is 9.21. The van der Waals surface area contributed by atoms with Crippen molar-refractivity contribution < 1.29 is 18.4 Å². The lowest BCUT2D eigenvalue weighted by Gasteiger charge is -2.14. The normalized spacial score (nSPS) is 20.5. The van der Waals surface area contributed by atoms with Crippen molar-refractivity contribution in [3.05, 3.63) is 48.1 Å². The molecule has 1 amide bonds. The molecule has 2 aromatic heterocycles. The van der Waals surface area contributed by atoms with Crippen LogP contribution in [0.3, 0.4) is 0 Å². The molecular formula is C17H17FN4O3. The highest BCUT2D eigenvalue weighted by Gasteiger charge is 2.37. The zero-order valence-electron chi connectivity index (χ0n) is 13.6. The molecule has 2 atom stereocenters. The Balaban J connectivity index is 1.42. The van der Waals surface area contributed by atoms with Gasteiger partial charge in [0.1, 0.15) is 24.7 Å². The summed E-state index contributed by atoms with van der Waals surface area (Å²) < 4.78 is 26.7. The SMILES string of the molecule is Cn1c(COC2CN(C(=O)c3ccno3)CC2F)nc2ccccc21. The van der Waals surface area contributed by atoms with Crippen LogP contribution in [-0.2, 0) is 18.4 Å². The Morgan fingerprint density at radius 3 is 2.96 bits per heavy atom. The highest BCUT2D eigenvalue weighted by molar-refractivity contribution is 5.91. The summed E-state index contributed by atoms with van der Waals surface area (Å²) in [6.07, 6.45) is -0.552. The van der Waals surface area contributed by atoms with E-state index in [2.05, 4.69) is 10.1 Å². The van der Waals surface area contributed by atoms with Crippen LogP contribution in [0.2, 0.25) is 0 Å². The number of hydrogen-bond donors (Lipinski definition) is 0. The third-order valence-corrected chi connectivity index (χ3v) is 4.44. The van der Waals surface area contributed by atoms with Gasteiger partial charge in [0.15, 0.2) is 0 Å². The van der Waals surface area contributed by atoms with Crippen LogP contribution in [0.1, 0.15) is 16.4 Å². The maximum absolute atomic E-state index is 14.3. The first-order valence-corrected chi connectivity index (χ1v) is 7.99. The molecule has 1 aliphatic rings. The van der Waals surface area contributed by atoms with E-state index < -0.39 is 12.3 Å². The smallest absolute Gasteiger partial charge is 0.292 e. The Morgan fingerprint density at radius 1 is 1.36 bits per heavy atom. The molecule has 130 valence electrons. The van der Waals surface area contributed by atoms with E-state index in [9.17, 15) is 9.18 Å². The van der Waals surface area contributed by atoms with Gasteiger partial charge in [0.05, 0.1) is 30.3 Å². The minimum Gasteiger partial charge on any atom is -0.365 e. The van der Waals surface area contributed by atoms with Gasteiger partial charge in [0.2, 0.25) is 5.76 Å². The first-order valence-electron chi connectivity index (χ1n) is 7.99. The molecule has 0 spiro atoms. The number of amides is 1. The van der Waals surface area contributed by atoms with Gasteiger partial charge in [-0.1, -0.05) is 17.3 Å². The average Bonchev–Trinajstić information content (AvgIpc) is 3.33. The number of hydrogen-bond acceptors (Lipinski definition) is 5. The first-order chi connectivity index (χ1) is 12.1. The van der Waals surface area contributed by atoms with Gasteiger partial charge < -0.3 is 18.7 Å². The predicted molar refractivity (Wildman–Crippen MR) is 86.6 cm³/mol. The number of halogens is 1. The molecule has 7 nitrogen and oxygen atoms in total. The second kappa shape index (κ2) is 6.29. The zero-order valence-corrected chi connectivity index (χ0v) is 13.6. The van der Waals surface area contributed by atoms with Crippen molar-refractivity contribution in [1.29, 1.82) is 0 Å². The molecule has 1 aliphatic heterocycles.